The third-order valence-corrected chi connectivity index (χ3v) is 7.75. The van der Waals surface area contributed by atoms with Gasteiger partial charge < -0.3 is 30.6 Å². The van der Waals surface area contributed by atoms with Crippen molar-refractivity contribution in [3.8, 4) is 0 Å². The monoisotopic (exact) mass is 638 g/mol. The quantitative estimate of drug-likeness (QED) is 0.164. The molecule has 4 aromatic carbocycles. The number of rotatable bonds is 0. The summed E-state index contributed by atoms with van der Waals surface area (Å²) < 4.78 is 0. The van der Waals surface area contributed by atoms with Gasteiger partial charge >= 0.3 is 0 Å². The number of benzene rings is 4. The Balaban J connectivity index is 0.000000689. The number of aliphatic imine (C=N–C) groups is 3. The molecule has 8 bridgehead atoms. The maximum Gasteiger partial charge on any atom is 0.155 e. The van der Waals surface area contributed by atoms with E-state index in [1.54, 1.807) is 0 Å². The molecule has 9 heteroatoms. The van der Waals surface area contributed by atoms with E-state index in [1.807, 2.05) is 107 Å². The van der Waals surface area contributed by atoms with Crippen molar-refractivity contribution >= 4 is 28.3 Å². The number of amidine groups is 3. The first kappa shape index (κ1) is 30.3. The Morgan fingerprint density at radius 1 is 0.489 bits per heavy atom. The third kappa shape index (κ3) is 5.13. The zero-order valence-electron chi connectivity index (χ0n) is 25.3. The van der Waals surface area contributed by atoms with E-state index in [0.717, 1.165) is 44.2 Å². The largest absolute Gasteiger partial charge is 0.631 e. The maximum atomic E-state index is 5.07. The van der Waals surface area contributed by atoms with Gasteiger partial charge in [-0.3, -0.25) is 4.99 Å². The summed E-state index contributed by atoms with van der Waals surface area (Å²) in [6.45, 7) is 8.00. The Bertz CT molecular complexity index is 2110. The molecule has 4 aliphatic rings. The Hall–Kier alpha value is -4.69. The molecule has 4 aliphatic heterocycles. The summed E-state index contributed by atoms with van der Waals surface area (Å²) in [6, 6.07) is 32.3. The summed E-state index contributed by atoms with van der Waals surface area (Å²) in [5.41, 5.74) is 7.02. The zero-order chi connectivity index (χ0) is 30.2. The Morgan fingerprint density at radius 2 is 1.02 bits per heavy atom. The molecule has 0 fully saturated rings. The fourth-order valence-electron chi connectivity index (χ4n) is 5.87. The first-order valence-corrected chi connectivity index (χ1v) is 15.2. The number of aromatic nitrogens is 1. The molecule has 9 rings (SSSR count). The van der Waals surface area contributed by atoms with E-state index in [1.165, 1.54) is 0 Å². The molecule has 229 valence electrons. The van der Waals surface area contributed by atoms with Crippen LogP contribution < -0.4 is 16.0 Å². The zero-order valence-corrected chi connectivity index (χ0v) is 26.3. The van der Waals surface area contributed by atoms with Gasteiger partial charge in [0.2, 0.25) is 0 Å². The second-order valence-electron chi connectivity index (χ2n) is 10.0. The van der Waals surface area contributed by atoms with E-state index in [0.29, 0.717) is 28.5 Å². The molecule has 3 atom stereocenters. The van der Waals surface area contributed by atoms with Crippen LogP contribution in [0.2, 0.25) is 0 Å². The van der Waals surface area contributed by atoms with E-state index in [-0.39, 0.29) is 17.1 Å². The second-order valence-corrected chi connectivity index (χ2v) is 10.0. The van der Waals surface area contributed by atoms with Crippen molar-refractivity contribution in [1.29, 1.82) is 0 Å². The standard InChI is InChI=1S/C32H19N8.2C2H6.Cu/c1-2-10-18-17(9-1)25-33-26(18)38-28-21-13-5-6-14-22(21)30(35-28)40-32-24-16-8-7-15-23(24)31(36-32)39-29-20-12-4-3-11-19(20)27(34-29)37-25;2*1-2;/h1-16,25-26,29H;2*1-2H3;/q-3;;;. The molecule has 0 N–H and O–H groups in total. The number of fused-ring (bicyclic) bond motifs is 19. The fourth-order valence-corrected chi connectivity index (χ4v) is 5.87. The predicted octanol–water partition coefficient (Wildman–Crippen LogP) is 7.22. The van der Waals surface area contributed by atoms with Crippen molar-refractivity contribution in [1.82, 2.24) is 4.98 Å². The van der Waals surface area contributed by atoms with E-state index >= 15 is 0 Å². The van der Waals surface area contributed by atoms with Crippen molar-refractivity contribution in [2.24, 2.45) is 25.0 Å². The summed E-state index contributed by atoms with van der Waals surface area (Å²) in [7, 11) is 0. The molecule has 5 heterocycles. The topological polar surface area (TPSA) is 104 Å². The van der Waals surface area contributed by atoms with Gasteiger partial charge in [0.25, 0.3) is 0 Å². The smallest absolute Gasteiger partial charge is 0.155 e. The SMILES string of the molecule is CC.CC.[Cu].c1ccc2c(c1)C1=NC2=NC2[N-]C(N=C3[N-]C(N=c4[n-]c(c5ccccc45)=N1)c1ccccc13)c1ccccc12. The summed E-state index contributed by atoms with van der Waals surface area (Å²) >= 11 is 0. The van der Waals surface area contributed by atoms with Gasteiger partial charge in [0.15, 0.2) is 5.84 Å². The third-order valence-electron chi connectivity index (χ3n) is 7.75. The summed E-state index contributed by atoms with van der Waals surface area (Å²) in [5, 5.41) is 11.9. The van der Waals surface area contributed by atoms with E-state index in [2.05, 4.69) is 18.2 Å². The van der Waals surface area contributed by atoms with Gasteiger partial charge in [-0.2, -0.15) is 0 Å². The van der Waals surface area contributed by atoms with Crippen molar-refractivity contribution < 1.29 is 17.1 Å². The van der Waals surface area contributed by atoms with Gasteiger partial charge in [-0.1, -0.05) is 136 Å². The van der Waals surface area contributed by atoms with Gasteiger partial charge in [0.1, 0.15) is 0 Å². The molecule has 1 radical (unpaired) electrons. The first-order chi connectivity index (χ1) is 21.8. The van der Waals surface area contributed by atoms with E-state index in [4.69, 9.17) is 40.6 Å². The van der Waals surface area contributed by atoms with Gasteiger partial charge in [-0.15, -0.1) is 6.17 Å². The molecular weight excluding hydrogens is 608 g/mol. The molecular formula is C36H31CuN8-3. The van der Waals surface area contributed by atoms with Crippen LogP contribution in [0.1, 0.15) is 79.6 Å². The molecule has 8 nitrogen and oxygen atoms in total. The summed E-state index contributed by atoms with van der Waals surface area (Å²) in [5.74, 6) is 1.82. The Kier molecular flexibility index (Phi) is 8.59. The normalized spacial score (nSPS) is 19.6. The van der Waals surface area contributed by atoms with E-state index in [9.17, 15) is 0 Å². The second kappa shape index (κ2) is 12.7. The first-order valence-electron chi connectivity index (χ1n) is 15.2. The van der Waals surface area contributed by atoms with Gasteiger partial charge in [-0.25, -0.2) is 4.99 Å². The van der Waals surface area contributed by atoms with Crippen LogP contribution in [0.25, 0.3) is 21.4 Å². The van der Waals surface area contributed by atoms with Gasteiger partial charge in [0.05, 0.1) is 5.84 Å². The number of nitrogens with zero attached hydrogens (tertiary/aromatic N) is 8. The van der Waals surface area contributed by atoms with Crippen molar-refractivity contribution in [3.05, 3.63) is 152 Å². The Morgan fingerprint density at radius 3 is 1.71 bits per heavy atom. The number of hydrogen-bond donors (Lipinski definition) is 0. The van der Waals surface area contributed by atoms with Crippen LogP contribution in [0.4, 0.5) is 0 Å². The van der Waals surface area contributed by atoms with Crippen molar-refractivity contribution in [2.75, 3.05) is 0 Å². The molecule has 3 unspecified atom stereocenters. The Labute approximate surface area is 272 Å². The minimum absolute atomic E-state index is 0. The van der Waals surface area contributed by atoms with Crippen LogP contribution in [0.3, 0.4) is 0 Å². The molecule has 45 heavy (non-hydrogen) atoms. The molecule has 0 saturated heterocycles. The van der Waals surface area contributed by atoms with Crippen molar-refractivity contribution in [2.45, 2.75) is 46.2 Å². The van der Waals surface area contributed by atoms with Crippen LogP contribution in [0, 0.1) is 0 Å². The van der Waals surface area contributed by atoms with Crippen LogP contribution in [0.15, 0.2) is 122 Å². The maximum absolute atomic E-state index is 5.07. The van der Waals surface area contributed by atoms with Crippen LogP contribution in [0.5, 0.6) is 0 Å². The average molecular weight is 639 g/mol. The molecule has 0 spiro atoms. The van der Waals surface area contributed by atoms with Gasteiger partial charge in [-0.05, 0) is 33.6 Å². The molecule has 0 saturated carbocycles. The predicted molar refractivity (Wildman–Crippen MR) is 176 cm³/mol. The fraction of sp³-hybridized carbons (Fsp3) is 0.194. The minimum atomic E-state index is -0.462. The number of hydrogen-bond acceptors (Lipinski definition) is 5. The van der Waals surface area contributed by atoms with Crippen LogP contribution in [-0.4, -0.2) is 17.5 Å². The van der Waals surface area contributed by atoms with Gasteiger partial charge in [0, 0.05) is 45.3 Å². The molecule has 0 aliphatic carbocycles. The minimum Gasteiger partial charge on any atom is -0.631 e. The van der Waals surface area contributed by atoms with Crippen LogP contribution >= 0.6 is 0 Å². The summed E-state index contributed by atoms with van der Waals surface area (Å²) in [4.78, 5) is 30.0. The molecule has 0 amide bonds. The molecule has 5 aromatic rings. The molecule has 1 aromatic heterocycles. The van der Waals surface area contributed by atoms with E-state index < -0.39 is 18.5 Å². The van der Waals surface area contributed by atoms with Crippen molar-refractivity contribution in [3.63, 3.8) is 0 Å². The summed E-state index contributed by atoms with van der Waals surface area (Å²) in [6.07, 6.45) is -1.33. The average Bonchev–Trinajstić information content (AvgIpc) is 3.82. The van der Waals surface area contributed by atoms with Crippen LogP contribution in [-0.2, 0) is 17.1 Å².